The Morgan fingerprint density at radius 2 is 2.06 bits per heavy atom. The number of rotatable bonds is 4. The quantitative estimate of drug-likeness (QED) is 0.923. The number of alkyl halides is 3. The first-order valence-electron chi connectivity index (χ1n) is 5.33. The van der Waals surface area contributed by atoms with Gasteiger partial charge in [0.1, 0.15) is 12.4 Å². The number of aliphatic hydroxyl groups excluding tert-OH is 1. The topological polar surface area (TPSA) is 36.4 Å². The van der Waals surface area contributed by atoms with Crippen LogP contribution in [0.1, 0.15) is 19.4 Å². The minimum Gasteiger partial charge on any atom is -0.392 e. The van der Waals surface area contributed by atoms with Gasteiger partial charge in [0.15, 0.2) is 0 Å². The molecule has 0 aliphatic heterocycles. The molecule has 0 bridgehead atoms. The monoisotopic (exact) mass is 326 g/mol. The van der Waals surface area contributed by atoms with Crippen LogP contribution in [-0.2, 0) is 6.61 Å². The fourth-order valence-electron chi connectivity index (χ4n) is 1.54. The number of aliphatic hydroxyl groups is 1. The summed E-state index contributed by atoms with van der Waals surface area (Å²) in [6.45, 7) is 1.85. The number of aromatic nitrogens is 1. The van der Waals surface area contributed by atoms with Crippen molar-refractivity contribution in [2.24, 2.45) is 0 Å². The van der Waals surface area contributed by atoms with Gasteiger partial charge in [0.2, 0.25) is 0 Å². The lowest BCUT2D eigenvalue weighted by Crippen LogP contribution is -2.40. The standard InChI is InChI=1S/C11H14BrF3N2O/c1-7(2)17(6-11(13,14)15)10-8(5-18)3-9(12)4-16-10/h3-4,7,18H,5-6H2,1-2H3. The summed E-state index contributed by atoms with van der Waals surface area (Å²) in [6, 6.07) is 1.19. The Kier molecular flexibility index (Phi) is 4.98. The molecule has 0 spiro atoms. The van der Waals surface area contributed by atoms with E-state index in [4.69, 9.17) is 0 Å². The lowest BCUT2D eigenvalue weighted by Gasteiger charge is -2.30. The summed E-state index contributed by atoms with van der Waals surface area (Å²) in [5.74, 6) is 0.160. The van der Waals surface area contributed by atoms with E-state index < -0.39 is 12.7 Å². The summed E-state index contributed by atoms with van der Waals surface area (Å²) in [6.07, 6.45) is -2.90. The second kappa shape index (κ2) is 5.88. The zero-order valence-corrected chi connectivity index (χ0v) is 11.6. The molecule has 0 unspecified atom stereocenters. The first-order chi connectivity index (χ1) is 8.24. The molecular formula is C11H14BrF3N2O. The van der Waals surface area contributed by atoms with Gasteiger partial charge in [0.05, 0.1) is 6.61 Å². The molecular weight excluding hydrogens is 313 g/mol. The van der Waals surface area contributed by atoms with Gasteiger partial charge < -0.3 is 10.0 Å². The van der Waals surface area contributed by atoms with Gasteiger partial charge in [0, 0.05) is 22.3 Å². The van der Waals surface area contributed by atoms with Crippen LogP contribution in [0.15, 0.2) is 16.7 Å². The van der Waals surface area contributed by atoms with E-state index >= 15 is 0 Å². The summed E-state index contributed by atoms with van der Waals surface area (Å²) in [5, 5.41) is 9.20. The molecule has 0 aromatic carbocycles. The van der Waals surface area contributed by atoms with Crippen molar-refractivity contribution in [2.45, 2.75) is 32.7 Å². The molecule has 0 fully saturated rings. The third kappa shape index (κ3) is 4.13. The number of nitrogens with zero attached hydrogens (tertiary/aromatic N) is 2. The molecule has 102 valence electrons. The smallest absolute Gasteiger partial charge is 0.392 e. The molecule has 1 aromatic rings. The van der Waals surface area contributed by atoms with Gasteiger partial charge in [-0.15, -0.1) is 0 Å². The molecule has 1 N–H and O–H groups in total. The summed E-state index contributed by atoms with van der Waals surface area (Å²) < 4.78 is 38.2. The summed E-state index contributed by atoms with van der Waals surface area (Å²) in [5.41, 5.74) is 0.363. The first-order valence-corrected chi connectivity index (χ1v) is 6.12. The van der Waals surface area contributed by atoms with E-state index in [1.54, 1.807) is 19.9 Å². The molecule has 7 heteroatoms. The molecule has 0 saturated heterocycles. The van der Waals surface area contributed by atoms with Crippen LogP contribution in [0.3, 0.4) is 0 Å². The van der Waals surface area contributed by atoms with Gasteiger partial charge in [-0.05, 0) is 35.8 Å². The normalized spacial score (nSPS) is 12.0. The molecule has 0 radical (unpaired) electrons. The largest absolute Gasteiger partial charge is 0.405 e. The van der Waals surface area contributed by atoms with Gasteiger partial charge in [-0.1, -0.05) is 0 Å². The van der Waals surface area contributed by atoms with E-state index in [9.17, 15) is 18.3 Å². The van der Waals surface area contributed by atoms with Crippen molar-refractivity contribution in [1.82, 2.24) is 4.98 Å². The van der Waals surface area contributed by atoms with Crippen molar-refractivity contribution in [3.05, 3.63) is 22.3 Å². The Balaban J connectivity index is 3.13. The molecule has 18 heavy (non-hydrogen) atoms. The van der Waals surface area contributed by atoms with Gasteiger partial charge in [0.25, 0.3) is 0 Å². The highest BCUT2D eigenvalue weighted by Gasteiger charge is 2.33. The highest BCUT2D eigenvalue weighted by molar-refractivity contribution is 9.10. The Morgan fingerprint density at radius 3 is 2.50 bits per heavy atom. The maximum absolute atomic E-state index is 12.5. The van der Waals surface area contributed by atoms with Crippen LogP contribution in [0.4, 0.5) is 19.0 Å². The van der Waals surface area contributed by atoms with Gasteiger partial charge in [-0.2, -0.15) is 13.2 Å². The average molecular weight is 327 g/mol. The number of pyridine rings is 1. The van der Waals surface area contributed by atoms with Gasteiger partial charge >= 0.3 is 6.18 Å². The minimum atomic E-state index is -4.31. The van der Waals surface area contributed by atoms with E-state index in [-0.39, 0.29) is 18.5 Å². The van der Waals surface area contributed by atoms with Crippen LogP contribution in [0.2, 0.25) is 0 Å². The summed E-state index contributed by atoms with van der Waals surface area (Å²) >= 11 is 3.17. The molecule has 0 aliphatic rings. The number of hydrogen-bond donors (Lipinski definition) is 1. The number of hydrogen-bond acceptors (Lipinski definition) is 3. The highest BCUT2D eigenvalue weighted by atomic mass is 79.9. The van der Waals surface area contributed by atoms with Crippen molar-refractivity contribution in [2.75, 3.05) is 11.4 Å². The van der Waals surface area contributed by atoms with Crippen molar-refractivity contribution >= 4 is 21.7 Å². The van der Waals surface area contributed by atoms with E-state index in [0.29, 0.717) is 10.0 Å². The SMILES string of the molecule is CC(C)N(CC(F)(F)F)c1ncc(Br)cc1CO. The van der Waals surface area contributed by atoms with Crippen molar-refractivity contribution < 1.29 is 18.3 Å². The van der Waals surface area contributed by atoms with Crippen molar-refractivity contribution in [3.8, 4) is 0 Å². The predicted octanol–water partition coefficient (Wildman–Crippen LogP) is 3.11. The van der Waals surface area contributed by atoms with Crippen molar-refractivity contribution in [3.63, 3.8) is 0 Å². The molecule has 1 heterocycles. The molecule has 0 saturated carbocycles. The zero-order valence-electron chi connectivity index (χ0n) is 10.00. The van der Waals surface area contributed by atoms with E-state index in [1.165, 1.54) is 6.20 Å². The zero-order chi connectivity index (χ0) is 13.9. The summed E-state index contributed by atoms with van der Waals surface area (Å²) in [7, 11) is 0. The summed E-state index contributed by atoms with van der Waals surface area (Å²) in [4.78, 5) is 5.10. The Hall–Kier alpha value is -0.820. The highest BCUT2D eigenvalue weighted by Crippen LogP contribution is 2.27. The molecule has 1 aromatic heterocycles. The molecule has 0 amide bonds. The van der Waals surface area contributed by atoms with Crippen LogP contribution in [0.5, 0.6) is 0 Å². The van der Waals surface area contributed by atoms with E-state index in [0.717, 1.165) is 4.90 Å². The van der Waals surface area contributed by atoms with Crippen LogP contribution < -0.4 is 4.90 Å². The van der Waals surface area contributed by atoms with Crippen molar-refractivity contribution in [1.29, 1.82) is 0 Å². The lowest BCUT2D eigenvalue weighted by molar-refractivity contribution is -0.120. The second-order valence-corrected chi connectivity index (χ2v) is 5.05. The first kappa shape index (κ1) is 15.2. The van der Waals surface area contributed by atoms with Crippen LogP contribution in [0.25, 0.3) is 0 Å². The molecule has 0 atom stereocenters. The fourth-order valence-corrected chi connectivity index (χ4v) is 1.92. The Morgan fingerprint density at radius 1 is 1.44 bits per heavy atom. The number of halogens is 4. The van der Waals surface area contributed by atoms with E-state index in [2.05, 4.69) is 20.9 Å². The fraction of sp³-hybridized carbons (Fsp3) is 0.545. The second-order valence-electron chi connectivity index (χ2n) is 4.13. The number of anilines is 1. The minimum absolute atomic E-state index is 0.160. The molecule has 0 aliphatic carbocycles. The Labute approximate surface area is 112 Å². The van der Waals surface area contributed by atoms with Crippen LogP contribution >= 0.6 is 15.9 Å². The van der Waals surface area contributed by atoms with E-state index in [1.807, 2.05) is 0 Å². The Bertz CT molecular complexity index is 410. The average Bonchev–Trinajstić information content (AvgIpc) is 2.24. The van der Waals surface area contributed by atoms with Gasteiger partial charge in [-0.25, -0.2) is 4.98 Å². The van der Waals surface area contributed by atoms with Crippen LogP contribution in [0, 0.1) is 0 Å². The van der Waals surface area contributed by atoms with Gasteiger partial charge in [-0.3, -0.25) is 0 Å². The lowest BCUT2D eigenvalue weighted by atomic mass is 10.2. The van der Waals surface area contributed by atoms with Crippen LogP contribution in [-0.4, -0.2) is 28.9 Å². The third-order valence-electron chi connectivity index (χ3n) is 2.32. The predicted molar refractivity (Wildman–Crippen MR) is 66.4 cm³/mol. The molecule has 1 rings (SSSR count). The maximum atomic E-state index is 12.5. The maximum Gasteiger partial charge on any atom is 0.405 e. The third-order valence-corrected chi connectivity index (χ3v) is 2.76. The molecule has 3 nitrogen and oxygen atoms in total.